The minimum atomic E-state index is 0.0822. The number of hydrogen-bond donors (Lipinski definition) is 2. The van der Waals surface area contributed by atoms with Crippen molar-refractivity contribution in [2.75, 3.05) is 30.9 Å². The van der Waals surface area contributed by atoms with Gasteiger partial charge in [-0.25, -0.2) is 0 Å². The Morgan fingerprint density at radius 3 is 2.32 bits per heavy atom. The van der Waals surface area contributed by atoms with Crippen LogP contribution in [0, 0.1) is 0 Å². The molecule has 4 heteroatoms. The average molecular weight is 303 g/mol. The number of carbonyl (C=O) groups is 1. The summed E-state index contributed by atoms with van der Waals surface area (Å²) in [7, 11) is 4.01. The predicted octanol–water partition coefficient (Wildman–Crippen LogP) is 3.39. The van der Waals surface area contributed by atoms with Crippen LogP contribution in [-0.2, 0) is 4.79 Å². The molecule has 1 aliphatic carbocycles. The molecule has 0 bridgehead atoms. The number of hydrogen-bond acceptors (Lipinski definition) is 3. The molecule has 1 fully saturated rings. The number of nitrogens with zero attached hydrogens (tertiary/aromatic N) is 1. The van der Waals surface area contributed by atoms with E-state index in [0.717, 1.165) is 17.9 Å². The Bertz CT molecular complexity index is 448. The van der Waals surface area contributed by atoms with E-state index in [9.17, 15) is 4.79 Å². The van der Waals surface area contributed by atoms with Gasteiger partial charge < -0.3 is 15.5 Å². The molecule has 2 rings (SSSR count). The first-order valence-corrected chi connectivity index (χ1v) is 8.46. The first kappa shape index (κ1) is 16.8. The summed E-state index contributed by atoms with van der Waals surface area (Å²) in [6.07, 6.45) is 8.42. The maximum absolute atomic E-state index is 12.0. The number of anilines is 2. The normalized spacial score (nSPS) is 16.1. The highest BCUT2D eigenvalue weighted by molar-refractivity contribution is 5.91. The zero-order chi connectivity index (χ0) is 15.8. The highest BCUT2D eigenvalue weighted by Crippen LogP contribution is 2.17. The highest BCUT2D eigenvalue weighted by atomic mass is 16.1. The molecule has 1 amide bonds. The van der Waals surface area contributed by atoms with E-state index in [1.165, 1.54) is 38.5 Å². The maximum Gasteiger partial charge on any atom is 0.225 e. The van der Waals surface area contributed by atoms with E-state index in [1.807, 2.05) is 43.3 Å². The van der Waals surface area contributed by atoms with Crippen LogP contribution in [0.1, 0.15) is 44.9 Å². The Labute approximate surface area is 134 Å². The van der Waals surface area contributed by atoms with Gasteiger partial charge in [-0.2, -0.15) is 0 Å². The second-order valence-corrected chi connectivity index (χ2v) is 6.38. The van der Waals surface area contributed by atoms with Crippen molar-refractivity contribution in [2.24, 2.45) is 0 Å². The second kappa shape index (κ2) is 8.79. The fourth-order valence-corrected chi connectivity index (χ4v) is 2.94. The Kier molecular flexibility index (Phi) is 6.72. The van der Waals surface area contributed by atoms with Crippen LogP contribution < -0.4 is 15.5 Å². The predicted molar refractivity (Wildman–Crippen MR) is 93.5 cm³/mol. The van der Waals surface area contributed by atoms with Gasteiger partial charge in [-0.05, 0) is 37.1 Å². The third-order valence-corrected chi connectivity index (χ3v) is 4.31. The largest absolute Gasteiger partial charge is 0.378 e. The van der Waals surface area contributed by atoms with Crippen LogP contribution in [0.3, 0.4) is 0 Å². The second-order valence-electron chi connectivity index (χ2n) is 6.38. The van der Waals surface area contributed by atoms with E-state index in [2.05, 4.69) is 10.6 Å². The molecule has 22 heavy (non-hydrogen) atoms. The summed E-state index contributed by atoms with van der Waals surface area (Å²) < 4.78 is 0. The molecule has 4 nitrogen and oxygen atoms in total. The van der Waals surface area contributed by atoms with Crippen molar-refractivity contribution in [1.82, 2.24) is 5.32 Å². The molecule has 0 saturated heterocycles. The van der Waals surface area contributed by atoms with Gasteiger partial charge in [-0.3, -0.25) is 4.79 Å². The molecule has 0 spiro atoms. The Balaban J connectivity index is 1.68. The van der Waals surface area contributed by atoms with Crippen LogP contribution in [0.25, 0.3) is 0 Å². The molecule has 2 N–H and O–H groups in total. The number of rotatable bonds is 6. The summed E-state index contributed by atoms with van der Waals surface area (Å²) in [5.74, 6) is 0.0822. The van der Waals surface area contributed by atoms with Gasteiger partial charge in [-0.1, -0.05) is 25.7 Å². The molecule has 1 aromatic rings. The van der Waals surface area contributed by atoms with E-state index in [4.69, 9.17) is 0 Å². The summed E-state index contributed by atoms with van der Waals surface area (Å²) in [6, 6.07) is 8.53. The van der Waals surface area contributed by atoms with Gasteiger partial charge in [0.15, 0.2) is 0 Å². The maximum atomic E-state index is 12.0. The lowest BCUT2D eigenvalue weighted by atomic mass is 10.1. The number of benzene rings is 1. The van der Waals surface area contributed by atoms with Crippen molar-refractivity contribution in [3.05, 3.63) is 24.3 Å². The lowest BCUT2D eigenvalue weighted by Gasteiger charge is -2.16. The molecule has 0 unspecified atom stereocenters. The van der Waals surface area contributed by atoms with E-state index < -0.39 is 0 Å². The lowest BCUT2D eigenvalue weighted by molar-refractivity contribution is -0.116. The molecular formula is C18H29N3O. The monoisotopic (exact) mass is 303 g/mol. The van der Waals surface area contributed by atoms with Crippen LogP contribution >= 0.6 is 0 Å². The smallest absolute Gasteiger partial charge is 0.225 e. The molecule has 1 aromatic carbocycles. The summed E-state index contributed by atoms with van der Waals surface area (Å²) in [5, 5.41) is 6.50. The molecule has 1 aliphatic rings. The summed E-state index contributed by atoms with van der Waals surface area (Å²) in [4.78, 5) is 14.0. The summed E-state index contributed by atoms with van der Waals surface area (Å²) in [5.41, 5.74) is 2.00. The number of amides is 1. The van der Waals surface area contributed by atoms with Crippen LogP contribution in [0.15, 0.2) is 24.3 Å². The molecule has 1 saturated carbocycles. The van der Waals surface area contributed by atoms with E-state index >= 15 is 0 Å². The fraction of sp³-hybridized carbons (Fsp3) is 0.611. The van der Waals surface area contributed by atoms with Crippen molar-refractivity contribution in [1.29, 1.82) is 0 Å². The van der Waals surface area contributed by atoms with Crippen molar-refractivity contribution >= 4 is 17.3 Å². The SMILES string of the molecule is CN(C)c1ccc(NC(=O)CCNC2CCCCCC2)cc1. The van der Waals surface area contributed by atoms with Gasteiger partial charge >= 0.3 is 0 Å². The van der Waals surface area contributed by atoms with Crippen molar-refractivity contribution < 1.29 is 4.79 Å². The summed E-state index contributed by atoms with van der Waals surface area (Å²) in [6.45, 7) is 0.770. The summed E-state index contributed by atoms with van der Waals surface area (Å²) >= 11 is 0. The van der Waals surface area contributed by atoms with Crippen molar-refractivity contribution in [3.63, 3.8) is 0 Å². The fourth-order valence-electron chi connectivity index (χ4n) is 2.94. The minimum Gasteiger partial charge on any atom is -0.378 e. The third kappa shape index (κ3) is 5.68. The molecule has 122 valence electrons. The molecule has 0 atom stereocenters. The van der Waals surface area contributed by atoms with Gasteiger partial charge in [0.25, 0.3) is 0 Å². The topological polar surface area (TPSA) is 44.4 Å². The molecule has 0 aromatic heterocycles. The van der Waals surface area contributed by atoms with Gasteiger partial charge in [0, 0.05) is 44.5 Å². The van der Waals surface area contributed by atoms with E-state index in [0.29, 0.717) is 12.5 Å². The van der Waals surface area contributed by atoms with E-state index in [-0.39, 0.29) is 5.91 Å². The van der Waals surface area contributed by atoms with Crippen LogP contribution in [0.5, 0.6) is 0 Å². The standard InChI is InChI=1S/C18H29N3O/c1-21(2)17-11-9-16(10-12-17)20-18(22)13-14-19-15-7-5-3-4-6-8-15/h9-12,15,19H,3-8,13-14H2,1-2H3,(H,20,22). The van der Waals surface area contributed by atoms with Crippen LogP contribution in [0.4, 0.5) is 11.4 Å². The van der Waals surface area contributed by atoms with Crippen molar-refractivity contribution in [3.8, 4) is 0 Å². The quantitative estimate of drug-likeness (QED) is 0.792. The third-order valence-electron chi connectivity index (χ3n) is 4.31. The molecule has 0 aliphatic heterocycles. The Hall–Kier alpha value is -1.55. The van der Waals surface area contributed by atoms with Gasteiger partial charge in [0.2, 0.25) is 5.91 Å². The first-order valence-electron chi connectivity index (χ1n) is 8.46. The van der Waals surface area contributed by atoms with Gasteiger partial charge in [0.05, 0.1) is 0 Å². The Morgan fingerprint density at radius 2 is 1.73 bits per heavy atom. The zero-order valence-corrected chi connectivity index (χ0v) is 13.9. The lowest BCUT2D eigenvalue weighted by Crippen LogP contribution is -2.31. The molecule has 0 radical (unpaired) electrons. The Morgan fingerprint density at radius 1 is 1.09 bits per heavy atom. The minimum absolute atomic E-state index is 0.0822. The van der Waals surface area contributed by atoms with Crippen LogP contribution in [0.2, 0.25) is 0 Å². The highest BCUT2D eigenvalue weighted by Gasteiger charge is 2.11. The van der Waals surface area contributed by atoms with Crippen LogP contribution in [-0.4, -0.2) is 32.6 Å². The molecular weight excluding hydrogens is 274 g/mol. The average Bonchev–Trinajstić information content (AvgIpc) is 2.76. The van der Waals surface area contributed by atoms with Gasteiger partial charge in [0.1, 0.15) is 0 Å². The molecule has 0 heterocycles. The number of nitrogens with one attached hydrogen (secondary N) is 2. The van der Waals surface area contributed by atoms with Gasteiger partial charge in [-0.15, -0.1) is 0 Å². The number of carbonyl (C=O) groups excluding carboxylic acids is 1. The van der Waals surface area contributed by atoms with E-state index in [1.54, 1.807) is 0 Å². The van der Waals surface area contributed by atoms with Crippen molar-refractivity contribution in [2.45, 2.75) is 51.0 Å². The zero-order valence-electron chi connectivity index (χ0n) is 13.9. The first-order chi connectivity index (χ1) is 10.6.